The summed E-state index contributed by atoms with van der Waals surface area (Å²) in [6.45, 7) is 0.436. The highest BCUT2D eigenvalue weighted by atomic mass is 16.7. The molecule has 3 fully saturated rings. The zero-order chi connectivity index (χ0) is 26.3. The number of phenols is 1. The topological polar surface area (TPSA) is 157 Å². The minimum atomic E-state index is -1.55. The van der Waals surface area contributed by atoms with Gasteiger partial charge in [-0.2, -0.15) is 0 Å². The largest absolute Gasteiger partial charge is 0.504 e. The van der Waals surface area contributed by atoms with E-state index in [2.05, 4.69) is 0 Å². The van der Waals surface area contributed by atoms with Crippen LogP contribution in [-0.2, 0) is 14.2 Å². The Kier molecular flexibility index (Phi) is 7.46. The van der Waals surface area contributed by atoms with Gasteiger partial charge in [0.2, 0.25) is 6.29 Å². The first kappa shape index (κ1) is 26.0. The molecule has 0 saturated carbocycles. The van der Waals surface area contributed by atoms with E-state index in [1.807, 2.05) is 12.1 Å². The summed E-state index contributed by atoms with van der Waals surface area (Å²) in [4.78, 5) is 0. The summed E-state index contributed by atoms with van der Waals surface area (Å²) >= 11 is 0. The molecule has 0 spiro atoms. The molecule has 37 heavy (non-hydrogen) atoms. The molecule has 2 aromatic rings. The Morgan fingerprint density at radius 2 is 1.38 bits per heavy atom. The molecule has 0 aliphatic carbocycles. The van der Waals surface area contributed by atoms with Gasteiger partial charge in [-0.1, -0.05) is 12.1 Å². The van der Waals surface area contributed by atoms with E-state index in [9.17, 15) is 25.5 Å². The van der Waals surface area contributed by atoms with Crippen molar-refractivity contribution in [2.75, 3.05) is 34.0 Å². The maximum absolute atomic E-state index is 10.3. The Labute approximate surface area is 213 Å². The normalized spacial score (nSPS) is 35.2. The van der Waals surface area contributed by atoms with E-state index in [0.717, 1.165) is 11.1 Å². The van der Waals surface area contributed by atoms with E-state index in [1.54, 1.807) is 24.3 Å². The van der Waals surface area contributed by atoms with Crippen molar-refractivity contribution in [3.8, 4) is 23.0 Å². The zero-order valence-electron chi connectivity index (χ0n) is 20.5. The molecule has 3 heterocycles. The number of phenolic OH excluding ortho intramolecular Hbond substituents is 1. The summed E-state index contributed by atoms with van der Waals surface area (Å²) < 4.78 is 34.3. The quantitative estimate of drug-likeness (QED) is 0.349. The van der Waals surface area contributed by atoms with Gasteiger partial charge in [-0.15, -0.1) is 0 Å². The lowest BCUT2D eigenvalue weighted by atomic mass is 9.85. The average molecular weight is 521 g/mol. The first-order chi connectivity index (χ1) is 17.9. The van der Waals surface area contributed by atoms with Crippen molar-refractivity contribution >= 4 is 0 Å². The SMILES string of the molecule is COc1cc([C@H]2OC[C@H]3[C@@H]2CO[C@@H]3c2ccc(O[C@@H]3O[C@H](CO)[C@H](O)[C@H](O)[C@H]3O)c(OC)c2)ccc1O. The highest BCUT2D eigenvalue weighted by Gasteiger charge is 2.49. The molecule has 5 rings (SSSR count). The van der Waals surface area contributed by atoms with Gasteiger partial charge in [-0.3, -0.25) is 0 Å². The van der Waals surface area contributed by atoms with Crippen molar-refractivity contribution in [3.05, 3.63) is 47.5 Å². The smallest absolute Gasteiger partial charge is 0.229 e. The van der Waals surface area contributed by atoms with Crippen LogP contribution in [0.2, 0.25) is 0 Å². The number of fused-ring (bicyclic) bond motifs is 1. The second-order valence-electron chi connectivity index (χ2n) is 9.49. The minimum Gasteiger partial charge on any atom is -0.504 e. The fourth-order valence-electron chi connectivity index (χ4n) is 5.35. The molecule has 3 aliphatic rings. The van der Waals surface area contributed by atoms with Crippen LogP contribution in [-0.4, -0.2) is 90.3 Å². The molecule has 5 N–H and O–H groups in total. The zero-order valence-corrected chi connectivity index (χ0v) is 20.5. The van der Waals surface area contributed by atoms with Gasteiger partial charge < -0.3 is 54.0 Å². The maximum Gasteiger partial charge on any atom is 0.229 e. The second-order valence-corrected chi connectivity index (χ2v) is 9.49. The molecular formula is C26H32O11. The number of aliphatic hydroxyl groups is 4. The van der Waals surface area contributed by atoms with Crippen LogP contribution < -0.4 is 14.2 Å². The monoisotopic (exact) mass is 520 g/mol. The number of rotatable bonds is 7. The molecule has 0 aromatic heterocycles. The highest BCUT2D eigenvalue weighted by molar-refractivity contribution is 5.45. The van der Waals surface area contributed by atoms with Crippen LogP contribution >= 0.6 is 0 Å². The van der Waals surface area contributed by atoms with Crippen molar-refractivity contribution in [2.24, 2.45) is 11.8 Å². The van der Waals surface area contributed by atoms with E-state index in [4.69, 9.17) is 28.4 Å². The van der Waals surface area contributed by atoms with Gasteiger partial charge in [-0.25, -0.2) is 0 Å². The molecule has 3 saturated heterocycles. The Morgan fingerprint density at radius 1 is 0.784 bits per heavy atom. The van der Waals surface area contributed by atoms with E-state index < -0.39 is 37.3 Å². The van der Waals surface area contributed by atoms with E-state index in [1.165, 1.54) is 14.2 Å². The third-order valence-electron chi connectivity index (χ3n) is 7.40. The summed E-state index contributed by atoms with van der Waals surface area (Å²) in [6.07, 6.45) is -7.41. The van der Waals surface area contributed by atoms with E-state index in [-0.39, 0.29) is 35.5 Å². The Balaban J connectivity index is 1.32. The van der Waals surface area contributed by atoms with Crippen LogP contribution in [0.15, 0.2) is 36.4 Å². The third-order valence-corrected chi connectivity index (χ3v) is 7.40. The van der Waals surface area contributed by atoms with Crippen molar-refractivity contribution < 1.29 is 54.0 Å². The van der Waals surface area contributed by atoms with Crippen LogP contribution in [0.5, 0.6) is 23.0 Å². The van der Waals surface area contributed by atoms with Crippen LogP contribution in [0.1, 0.15) is 23.3 Å². The molecule has 0 unspecified atom stereocenters. The summed E-state index contributed by atoms with van der Waals surface area (Å²) in [5, 5.41) is 49.7. The number of methoxy groups -OCH3 is 2. The highest BCUT2D eigenvalue weighted by Crippen LogP contribution is 2.51. The summed E-state index contributed by atoms with van der Waals surface area (Å²) in [6, 6.07) is 10.5. The standard InChI is InChI=1S/C26H32O11/c1-32-18-7-12(3-5-16(18)28)24-14-10-35-25(15(14)11-34-24)13-4-6-17(19(8-13)33-2)36-26-23(31)22(30)21(29)20(9-27)37-26/h3-8,14-15,20-31H,9-11H2,1-2H3/t14-,15-,20+,21-,22-,23+,24+,25+,26+/m0/s1. The van der Waals surface area contributed by atoms with Crippen LogP contribution in [0.25, 0.3) is 0 Å². The number of hydrogen-bond acceptors (Lipinski definition) is 11. The molecule has 3 aliphatic heterocycles. The van der Waals surface area contributed by atoms with Crippen LogP contribution in [0, 0.1) is 11.8 Å². The molecule has 0 bridgehead atoms. The third kappa shape index (κ3) is 4.72. The minimum absolute atomic E-state index is 0.0689. The van der Waals surface area contributed by atoms with Gasteiger partial charge in [-0.05, 0) is 35.4 Å². The number of ether oxygens (including phenoxy) is 6. The van der Waals surface area contributed by atoms with Crippen LogP contribution in [0.3, 0.4) is 0 Å². The lowest BCUT2D eigenvalue weighted by Crippen LogP contribution is -2.60. The molecular weight excluding hydrogens is 488 g/mol. The summed E-state index contributed by atoms with van der Waals surface area (Å²) in [5.74, 6) is 1.27. The summed E-state index contributed by atoms with van der Waals surface area (Å²) in [7, 11) is 2.98. The van der Waals surface area contributed by atoms with Crippen molar-refractivity contribution in [1.82, 2.24) is 0 Å². The first-order valence-corrected chi connectivity index (χ1v) is 12.1. The lowest BCUT2D eigenvalue weighted by Gasteiger charge is -2.39. The van der Waals surface area contributed by atoms with Gasteiger partial charge in [0.25, 0.3) is 0 Å². The molecule has 2 aromatic carbocycles. The number of aliphatic hydroxyl groups excluding tert-OH is 4. The molecule has 11 nitrogen and oxygen atoms in total. The van der Waals surface area contributed by atoms with Gasteiger partial charge in [0, 0.05) is 11.8 Å². The lowest BCUT2D eigenvalue weighted by molar-refractivity contribution is -0.277. The van der Waals surface area contributed by atoms with E-state index >= 15 is 0 Å². The molecule has 0 radical (unpaired) electrons. The van der Waals surface area contributed by atoms with Crippen molar-refractivity contribution in [1.29, 1.82) is 0 Å². The Hall–Kier alpha value is -2.64. The second kappa shape index (κ2) is 10.6. The Bertz CT molecular complexity index is 1090. The van der Waals surface area contributed by atoms with Crippen molar-refractivity contribution in [3.63, 3.8) is 0 Å². The molecule has 9 atom stereocenters. The van der Waals surface area contributed by atoms with Gasteiger partial charge in [0.1, 0.15) is 24.4 Å². The molecule has 202 valence electrons. The van der Waals surface area contributed by atoms with Crippen LogP contribution in [0.4, 0.5) is 0 Å². The number of benzene rings is 2. The predicted molar refractivity (Wildman–Crippen MR) is 126 cm³/mol. The van der Waals surface area contributed by atoms with Gasteiger partial charge in [0.05, 0.1) is 46.2 Å². The fraction of sp³-hybridized carbons (Fsp3) is 0.538. The Morgan fingerprint density at radius 3 is 1.97 bits per heavy atom. The number of hydrogen-bond donors (Lipinski definition) is 5. The molecule has 0 amide bonds. The molecule has 11 heteroatoms. The first-order valence-electron chi connectivity index (χ1n) is 12.1. The van der Waals surface area contributed by atoms with Gasteiger partial charge in [0.15, 0.2) is 23.0 Å². The summed E-state index contributed by atoms with van der Waals surface area (Å²) in [5.41, 5.74) is 1.77. The number of aromatic hydroxyl groups is 1. The average Bonchev–Trinajstić information content (AvgIpc) is 3.52. The van der Waals surface area contributed by atoms with Gasteiger partial charge >= 0.3 is 0 Å². The fourth-order valence-corrected chi connectivity index (χ4v) is 5.35. The maximum atomic E-state index is 10.3. The predicted octanol–water partition coefficient (Wildman–Crippen LogP) is 0.663. The van der Waals surface area contributed by atoms with E-state index in [0.29, 0.717) is 24.7 Å². The van der Waals surface area contributed by atoms with Crippen molar-refractivity contribution in [2.45, 2.75) is 42.9 Å².